The zero-order chi connectivity index (χ0) is 21.7. The van der Waals surface area contributed by atoms with Crippen molar-refractivity contribution in [2.24, 2.45) is 7.05 Å². The first-order valence-electron chi connectivity index (χ1n) is 9.99. The number of anilines is 1. The summed E-state index contributed by atoms with van der Waals surface area (Å²) in [5, 5.41) is 11.3. The lowest BCUT2D eigenvalue weighted by Gasteiger charge is -2.33. The minimum atomic E-state index is -0.277. The van der Waals surface area contributed by atoms with Crippen LogP contribution in [-0.2, 0) is 7.05 Å². The Hall–Kier alpha value is -2.82. The number of fused-ring (bicyclic) bond motifs is 2. The maximum absolute atomic E-state index is 12.9. The van der Waals surface area contributed by atoms with E-state index in [0.717, 1.165) is 45.3 Å². The largest absolute Gasteiger partial charge is 0.440 e. The second kappa shape index (κ2) is 7.70. The first kappa shape index (κ1) is 20.1. The summed E-state index contributed by atoms with van der Waals surface area (Å²) in [7, 11) is 1.70. The molecular weight excluding hydrogens is 480 g/mol. The maximum Gasteiger partial charge on any atom is 0.270 e. The highest BCUT2D eigenvalue weighted by atomic mass is 79.9. The summed E-state index contributed by atoms with van der Waals surface area (Å²) in [5.41, 5.74) is 2.92. The number of nitriles is 1. The molecule has 0 unspecified atom stereocenters. The van der Waals surface area contributed by atoms with Crippen molar-refractivity contribution in [3.8, 4) is 6.07 Å². The molecule has 0 amide bonds. The van der Waals surface area contributed by atoms with E-state index in [4.69, 9.17) is 16.0 Å². The van der Waals surface area contributed by atoms with E-state index in [1.165, 1.54) is 0 Å². The minimum Gasteiger partial charge on any atom is -0.440 e. The molecule has 5 rings (SSSR count). The molecule has 0 spiro atoms. The van der Waals surface area contributed by atoms with Crippen LogP contribution >= 0.6 is 27.5 Å². The number of aryl methyl sites for hydroxylation is 1. The van der Waals surface area contributed by atoms with Gasteiger partial charge in [-0.2, -0.15) is 5.26 Å². The predicted octanol–water partition coefficient (Wildman–Crippen LogP) is 5.35. The van der Waals surface area contributed by atoms with Crippen LogP contribution in [0.15, 0.2) is 50.1 Å². The molecule has 8 heteroatoms. The summed E-state index contributed by atoms with van der Waals surface area (Å²) in [5.74, 6) is 0.898. The van der Waals surface area contributed by atoms with Crippen molar-refractivity contribution >= 4 is 55.2 Å². The molecule has 2 aromatic carbocycles. The number of hydrogen-bond acceptors (Lipinski definition) is 5. The number of aromatic nitrogens is 2. The van der Waals surface area contributed by atoms with Gasteiger partial charge in [-0.15, -0.1) is 0 Å². The third-order valence-corrected chi connectivity index (χ3v) is 6.70. The first-order chi connectivity index (χ1) is 15.0. The molecule has 0 N–H and O–H groups in total. The Balaban J connectivity index is 1.49. The van der Waals surface area contributed by atoms with Crippen molar-refractivity contribution in [3.05, 3.63) is 67.7 Å². The van der Waals surface area contributed by atoms with Gasteiger partial charge in [0, 0.05) is 47.0 Å². The summed E-state index contributed by atoms with van der Waals surface area (Å²) in [6.45, 7) is 1.41. The Labute approximate surface area is 191 Å². The summed E-state index contributed by atoms with van der Waals surface area (Å²) in [4.78, 5) is 19.6. The average Bonchev–Trinajstić information content (AvgIpc) is 3.19. The molecular formula is C23H18BrClN4O2. The number of nitrogens with zero attached hydrogens (tertiary/aromatic N) is 4. The van der Waals surface area contributed by atoms with Gasteiger partial charge in [0.1, 0.15) is 17.1 Å². The molecule has 0 atom stereocenters. The van der Waals surface area contributed by atoms with E-state index >= 15 is 0 Å². The van der Waals surface area contributed by atoms with Gasteiger partial charge in [-0.1, -0.05) is 27.5 Å². The predicted molar refractivity (Wildman–Crippen MR) is 125 cm³/mol. The number of oxazole rings is 1. The van der Waals surface area contributed by atoms with E-state index in [9.17, 15) is 10.1 Å². The third kappa shape index (κ3) is 3.40. The first-order valence-corrected chi connectivity index (χ1v) is 11.2. The van der Waals surface area contributed by atoms with Gasteiger partial charge in [0.05, 0.1) is 11.2 Å². The number of benzene rings is 2. The maximum atomic E-state index is 12.9. The van der Waals surface area contributed by atoms with Gasteiger partial charge in [-0.3, -0.25) is 4.79 Å². The molecule has 3 heterocycles. The zero-order valence-corrected chi connectivity index (χ0v) is 19.1. The van der Waals surface area contributed by atoms with Crippen LogP contribution in [0.1, 0.15) is 30.2 Å². The lowest BCUT2D eigenvalue weighted by atomic mass is 9.95. The summed E-state index contributed by atoms with van der Waals surface area (Å²) in [6, 6.07) is 13.4. The molecule has 1 aliphatic heterocycles. The second-order valence-corrected chi connectivity index (χ2v) is 9.14. The summed E-state index contributed by atoms with van der Waals surface area (Å²) >= 11 is 9.54. The van der Waals surface area contributed by atoms with Gasteiger partial charge < -0.3 is 13.9 Å². The molecule has 1 aliphatic rings. The van der Waals surface area contributed by atoms with E-state index in [1.54, 1.807) is 17.7 Å². The minimum absolute atomic E-state index is 0.180. The number of rotatable bonds is 2. The smallest absolute Gasteiger partial charge is 0.270 e. The van der Waals surface area contributed by atoms with Crippen LogP contribution in [0.25, 0.3) is 22.0 Å². The van der Waals surface area contributed by atoms with E-state index < -0.39 is 0 Å². The van der Waals surface area contributed by atoms with Gasteiger partial charge in [0.15, 0.2) is 11.5 Å². The SMILES string of the molecule is Cn1c(=O)c(C#N)c(N2CCC(c3nc4ccc(Cl)cc4o3)CC2)c2ccc(Br)cc21. The molecule has 156 valence electrons. The van der Waals surface area contributed by atoms with Crippen molar-refractivity contribution in [2.75, 3.05) is 18.0 Å². The van der Waals surface area contributed by atoms with Crippen molar-refractivity contribution in [1.29, 1.82) is 5.26 Å². The molecule has 0 radical (unpaired) electrons. The molecule has 1 saturated heterocycles. The Morgan fingerprint density at radius 3 is 2.74 bits per heavy atom. The zero-order valence-electron chi connectivity index (χ0n) is 16.7. The number of halogens is 2. The van der Waals surface area contributed by atoms with Crippen LogP contribution < -0.4 is 10.5 Å². The quantitative estimate of drug-likeness (QED) is 0.373. The van der Waals surface area contributed by atoms with Crippen molar-refractivity contribution in [3.63, 3.8) is 0 Å². The van der Waals surface area contributed by atoms with Gasteiger partial charge in [-0.05, 0) is 43.2 Å². The van der Waals surface area contributed by atoms with Gasteiger partial charge >= 0.3 is 0 Å². The Kier molecular flexibility index (Phi) is 4.99. The fourth-order valence-corrected chi connectivity index (χ4v) is 4.88. The third-order valence-electron chi connectivity index (χ3n) is 5.97. The Bertz CT molecular complexity index is 1430. The topological polar surface area (TPSA) is 75.1 Å². The molecule has 2 aromatic heterocycles. The summed E-state index contributed by atoms with van der Waals surface area (Å²) in [6.07, 6.45) is 1.64. The fraction of sp³-hybridized carbons (Fsp3) is 0.261. The van der Waals surface area contributed by atoms with E-state index in [0.29, 0.717) is 23.7 Å². The number of pyridine rings is 1. The van der Waals surface area contributed by atoms with Gasteiger partial charge in [0.25, 0.3) is 5.56 Å². The highest BCUT2D eigenvalue weighted by Crippen LogP contribution is 2.36. The molecule has 1 fully saturated rings. The van der Waals surface area contributed by atoms with Crippen LogP contribution in [0.5, 0.6) is 0 Å². The monoisotopic (exact) mass is 496 g/mol. The van der Waals surface area contributed by atoms with E-state index in [1.807, 2.05) is 30.3 Å². The fourth-order valence-electron chi connectivity index (χ4n) is 4.37. The van der Waals surface area contributed by atoms with Gasteiger partial charge in [0.2, 0.25) is 0 Å². The molecule has 0 saturated carbocycles. The molecule has 6 nitrogen and oxygen atoms in total. The van der Waals surface area contributed by atoms with Crippen molar-refractivity contribution in [2.45, 2.75) is 18.8 Å². The Morgan fingerprint density at radius 1 is 1.23 bits per heavy atom. The lowest BCUT2D eigenvalue weighted by molar-refractivity contribution is 0.407. The van der Waals surface area contributed by atoms with Crippen LogP contribution in [0.3, 0.4) is 0 Å². The molecule has 0 bridgehead atoms. The molecule has 31 heavy (non-hydrogen) atoms. The van der Waals surface area contributed by atoms with Crippen LogP contribution in [0.2, 0.25) is 5.02 Å². The van der Waals surface area contributed by atoms with Crippen LogP contribution in [-0.4, -0.2) is 22.6 Å². The lowest BCUT2D eigenvalue weighted by Crippen LogP contribution is -2.35. The number of piperidine rings is 1. The van der Waals surface area contributed by atoms with Crippen molar-refractivity contribution in [1.82, 2.24) is 9.55 Å². The standard InChI is InChI=1S/C23H18BrClN4O2/c1-28-19-10-14(24)2-4-16(19)21(17(12-26)23(28)30)29-8-6-13(7-9-29)22-27-18-5-3-15(25)11-20(18)31-22/h2-5,10-11,13H,6-9H2,1H3. The highest BCUT2D eigenvalue weighted by Gasteiger charge is 2.28. The Morgan fingerprint density at radius 2 is 2.00 bits per heavy atom. The molecule has 0 aliphatic carbocycles. The van der Waals surface area contributed by atoms with E-state index in [2.05, 4.69) is 31.9 Å². The van der Waals surface area contributed by atoms with Gasteiger partial charge in [-0.25, -0.2) is 4.98 Å². The second-order valence-electron chi connectivity index (χ2n) is 7.79. The molecule has 4 aromatic rings. The van der Waals surface area contributed by atoms with E-state index in [-0.39, 0.29) is 17.0 Å². The number of hydrogen-bond donors (Lipinski definition) is 0. The van der Waals surface area contributed by atoms with Crippen molar-refractivity contribution < 1.29 is 4.42 Å². The highest BCUT2D eigenvalue weighted by molar-refractivity contribution is 9.10. The normalized spacial score (nSPS) is 15.0. The average molecular weight is 498 g/mol. The van der Waals surface area contributed by atoms with Crippen LogP contribution in [0, 0.1) is 11.3 Å². The summed E-state index contributed by atoms with van der Waals surface area (Å²) < 4.78 is 8.40. The van der Waals surface area contributed by atoms with Crippen LogP contribution in [0.4, 0.5) is 5.69 Å².